The van der Waals surface area contributed by atoms with Crippen LogP contribution in [-0.4, -0.2) is 0 Å². The Morgan fingerprint density at radius 1 is 1.00 bits per heavy atom. The van der Waals surface area contributed by atoms with Crippen LogP contribution in [0.15, 0.2) is 34.8 Å². The molecule has 0 saturated heterocycles. The molecule has 2 aromatic carbocycles. The highest BCUT2D eigenvalue weighted by atomic mass is 79.9. The van der Waals surface area contributed by atoms with Gasteiger partial charge in [0.25, 0.3) is 0 Å². The number of hydrogen-bond acceptors (Lipinski definition) is 1. The monoisotopic (exact) mass is 301 g/mol. The van der Waals surface area contributed by atoms with Gasteiger partial charge in [0.2, 0.25) is 0 Å². The summed E-state index contributed by atoms with van der Waals surface area (Å²) in [4.78, 5) is 0. The van der Waals surface area contributed by atoms with Gasteiger partial charge in [0.1, 0.15) is 17.5 Å². The van der Waals surface area contributed by atoms with Crippen molar-refractivity contribution in [2.45, 2.75) is 0 Å². The third-order valence-electron chi connectivity index (χ3n) is 2.33. The number of benzene rings is 2. The third-order valence-corrected chi connectivity index (χ3v) is 2.94. The third kappa shape index (κ3) is 2.15. The van der Waals surface area contributed by atoms with Gasteiger partial charge in [-0.1, -0.05) is 0 Å². The Balaban J connectivity index is 2.72. The molecule has 0 heterocycles. The number of halogens is 4. The van der Waals surface area contributed by atoms with Crippen molar-refractivity contribution in [3.63, 3.8) is 0 Å². The van der Waals surface area contributed by atoms with Crippen LogP contribution >= 0.6 is 15.9 Å². The minimum atomic E-state index is -0.761. The molecule has 0 bridgehead atoms. The quantitative estimate of drug-likeness (QED) is 0.622. The van der Waals surface area contributed by atoms with Crippen molar-refractivity contribution in [2.24, 2.45) is 0 Å². The Morgan fingerprint density at radius 2 is 1.71 bits per heavy atom. The van der Waals surface area contributed by atoms with Crippen LogP contribution in [0, 0.1) is 17.5 Å². The van der Waals surface area contributed by atoms with E-state index in [-0.39, 0.29) is 21.3 Å². The summed E-state index contributed by atoms with van der Waals surface area (Å²) < 4.78 is 40.4. The SMILES string of the molecule is Nc1cc(F)ccc1-c1c(F)ccc(Br)c1F. The van der Waals surface area contributed by atoms with E-state index in [4.69, 9.17) is 5.73 Å². The van der Waals surface area contributed by atoms with Gasteiger partial charge in [-0.15, -0.1) is 0 Å². The highest BCUT2D eigenvalue weighted by Crippen LogP contribution is 2.34. The summed E-state index contributed by atoms with van der Waals surface area (Å²) >= 11 is 2.96. The van der Waals surface area contributed by atoms with E-state index < -0.39 is 17.5 Å². The highest BCUT2D eigenvalue weighted by molar-refractivity contribution is 9.10. The van der Waals surface area contributed by atoms with Crippen molar-refractivity contribution in [3.8, 4) is 11.1 Å². The summed E-state index contributed by atoms with van der Waals surface area (Å²) in [6.45, 7) is 0. The first-order chi connectivity index (χ1) is 8.00. The second-order valence-corrected chi connectivity index (χ2v) is 4.30. The highest BCUT2D eigenvalue weighted by Gasteiger charge is 2.16. The molecule has 5 heteroatoms. The summed E-state index contributed by atoms with van der Waals surface area (Å²) in [5.74, 6) is -2.06. The van der Waals surface area contributed by atoms with Crippen LogP contribution in [0.1, 0.15) is 0 Å². The molecule has 0 radical (unpaired) electrons. The van der Waals surface area contributed by atoms with Gasteiger partial charge in [-0.25, -0.2) is 13.2 Å². The van der Waals surface area contributed by atoms with E-state index in [0.717, 1.165) is 18.2 Å². The molecule has 1 nitrogen and oxygen atoms in total. The Labute approximate surface area is 104 Å². The molecule has 2 N–H and O–H groups in total. The lowest BCUT2D eigenvalue weighted by Crippen LogP contribution is -1.97. The van der Waals surface area contributed by atoms with Gasteiger partial charge in [-0.3, -0.25) is 0 Å². The van der Waals surface area contributed by atoms with Crippen LogP contribution in [0.5, 0.6) is 0 Å². The van der Waals surface area contributed by atoms with Crippen LogP contribution in [0.3, 0.4) is 0 Å². The molecular weight excluding hydrogens is 295 g/mol. The molecule has 88 valence electrons. The summed E-state index contributed by atoms with van der Waals surface area (Å²) in [5.41, 5.74) is 5.40. The van der Waals surface area contributed by atoms with Gasteiger partial charge >= 0.3 is 0 Å². The standard InChI is InChI=1S/C12H7BrF3N/c13-8-3-4-9(15)11(12(8)16)7-2-1-6(14)5-10(7)17/h1-5H,17H2. The molecule has 0 aliphatic carbocycles. The van der Waals surface area contributed by atoms with Crippen molar-refractivity contribution >= 4 is 21.6 Å². The smallest absolute Gasteiger partial charge is 0.148 e. The molecule has 0 saturated carbocycles. The second kappa shape index (κ2) is 4.41. The van der Waals surface area contributed by atoms with Gasteiger partial charge in [0.15, 0.2) is 0 Å². The van der Waals surface area contributed by atoms with Crippen molar-refractivity contribution in [3.05, 3.63) is 52.3 Å². The molecule has 0 atom stereocenters. The normalized spacial score (nSPS) is 10.6. The Bertz CT molecular complexity index is 584. The van der Waals surface area contributed by atoms with Crippen LogP contribution < -0.4 is 5.73 Å². The zero-order valence-electron chi connectivity index (χ0n) is 8.48. The maximum atomic E-state index is 13.8. The van der Waals surface area contributed by atoms with Crippen molar-refractivity contribution in [2.75, 3.05) is 5.73 Å². The van der Waals surface area contributed by atoms with Crippen LogP contribution in [0.4, 0.5) is 18.9 Å². The summed E-state index contributed by atoms with van der Waals surface area (Å²) in [6, 6.07) is 5.75. The second-order valence-electron chi connectivity index (χ2n) is 3.45. The number of hydrogen-bond donors (Lipinski definition) is 1. The van der Waals surface area contributed by atoms with Crippen molar-refractivity contribution < 1.29 is 13.2 Å². The van der Waals surface area contributed by atoms with Gasteiger partial charge < -0.3 is 5.73 Å². The maximum Gasteiger partial charge on any atom is 0.148 e. The largest absolute Gasteiger partial charge is 0.398 e. The molecular formula is C12H7BrF3N. The molecule has 0 unspecified atom stereocenters. The fraction of sp³-hybridized carbons (Fsp3) is 0. The number of nitrogens with two attached hydrogens (primary N) is 1. The molecule has 0 fully saturated rings. The summed E-state index contributed by atoms with van der Waals surface area (Å²) in [7, 11) is 0. The van der Waals surface area contributed by atoms with E-state index in [1.807, 2.05) is 0 Å². The number of anilines is 1. The lowest BCUT2D eigenvalue weighted by atomic mass is 10.0. The molecule has 0 aromatic heterocycles. The van der Waals surface area contributed by atoms with E-state index in [2.05, 4.69) is 15.9 Å². The van der Waals surface area contributed by atoms with Crippen LogP contribution in [-0.2, 0) is 0 Å². The predicted octanol–water partition coefficient (Wildman–Crippen LogP) is 4.12. The van der Waals surface area contributed by atoms with Crippen molar-refractivity contribution in [1.29, 1.82) is 0 Å². The Kier molecular flexibility index (Phi) is 3.11. The van der Waals surface area contributed by atoms with Crippen LogP contribution in [0.2, 0.25) is 0 Å². The molecule has 0 aliphatic rings. The molecule has 17 heavy (non-hydrogen) atoms. The van der Waals surface area contributed by atoms with E-state index in [1.54, 1.807) is 0 Å². The lowest BCUT2D eigenvalue weighted by Gasteiger charge is -2.09. The zero-order chi connectivity index (χ0) is 12.6. The first-order valence-corrected chi connectivity index (χ1v) is 5.49. The fourth-order valence-electron chi connectivity index (χ4n) is 1.54. The van der Waals surface area contributed by atoms with E-state index in [1.165, 1.54) is 12.1 Å². The summed E-state index contributed by atoms with van der Waals surface area (Å²) in [6.07, 6.45) is 0. The maximum absolute atomic E-state index is 13.8. The predicted molar refractivity (Wildman–Crippen MR) is 63.9 cm³/mol. The average molecular weight is 302 g/mol. The Morgan fingerprint density at radius 3 is 2.35 bits per heavy atom. The van der Waals surface area contributed by atoms with Gasteiger partial charge in [-0.2, -0.15) is 0 Å². The van der Waals surface area contributed by atoms with Gasteiger partial charge in [-0.05, 0) is 46.3 Å². The van der Waals surface area contributed by atoms with Crippen molar-refractivity contribution in [1.82, 2.24) is 0 Å². The zero-order valence-corrected chi connectivity index (χ0v) is 10.1. The first kappa shape index (κ1) is 12.0. The van der Waals surface area contributed by atoms with Gasteiger partial charge in [0, 0.05) is 11.3 Å². The lowest BCUT2D eigenvalue weighted by molar-refractivity contribution is 0.585. The minimum Gasteiger partial charge on any atom is -0.398 e. The molecule has 2 aromatic rings. The first-order valence-electron chi connectivity index (χ1n) is 4.69. The van der Waals surface area contributed by atoms with E-state index in [9.17, 15) is 13.2 Å². The molecule has 0 spiro atoms. The summed E-state index contributed by atoms with van der Waals surface area (Å²) in [5, 5.41) is 0. The molecule has 2 rings (SSSR count). The van der Waals surface area contributed by atoms with E-state index >= 15 is 0 Å². The molecule has 0 aliphatic heterocycles. The number of nitrogen functional groups attached to an aromatic ring is 1. The van der Waals surface area contributed by atoms with Gasteiger partial charge in [0.05, 0.1) is 10.0 Å². The molecule has 0 amide bonds. The van der Waals surface area contributed by atoms with Crippen LogP contribution in [0.25, 0.3) is 11.1 Å². The van der Waals surface area contributed by atoms with E-state index in [0.29, 0.717) is 0 Å². The Hall–Kier alpha value is -1.49. The average Bonchev–Trinajstić information content (AvgIpc) is 2.27. The fourth-order valence-corrected chi connectivity index (χ4v) is 1.87. The number of rotatable bonds is 1. The minimum absolute atomic E-state index is 0.0131. The topological polar surface area (TPSA) is 26.0 Å².